The van der Waals surface area contributed by atoms with Gasteiger partial charge in [-0.2, -0.15) is 18.3 Å². The Morgan fingerprint density at radius 3 is 2.52 bits per heavy atom. The van der Waals surface area contributed by atoms with E-state index >= 15 is 0 Å². The zero-order valence-electron chi connectivity index (χ0n) is 22.5. The Bertz CT molecular complexity index is 1720. The second-order valence-corrected chi connectivity index (χ2v) is 10.2. The highest BCUT2D eigenvalue weighted by atomic mass is 19.4. The Kier molecular flexibility index (Phi) is 6.84. The van der Waals surface area contributed by atoms with Crippen LogP contribution in [-0.2, 0) is 22.9 Å². The van der Waals surface area contributed by atoms with Gasteiger partial charge in [-0.05, 0) is 49.4 Å². The van der Waals surface area contributed by atoms with E-state index in [9.17, 15) is 32.3 Å². The number of nitrogens with two attached hydrogens (primary N) is 1. The number of nitrogens with one attached hydrogen (secondary N) is 1. The van der Waals surface area contributed by atoms with Crippen LogP contribution in [0.15, 0.2) is 48.7 Å². The summed E-state index contributed by atoms with van der Waals surface area (Å²) in [6, 6.07) is 8.30. The SMILES string of the molecule is COc1cc(C(=O)NC[C@](O)(c2cc3c(c(-c4ccc(F)cc4)n2)OC[C@]3(C)C(N)=O)C(F)(F)F)cc2cn(C)nc12. The second-order valence-electron chi connectivity index (χ2n) is 10.2. The fraction of sp³-hybridized carbons (Fsp3) is 0.286. The highest BCUT2D eigenvalue weighted by Gasteiger charge is 2.57. The lowest BCUT2D eigenvalue weighted by Gasteiger charge is -2.31. The molecular weight excluding hydrogens is 562 g/mol. The number of fused-ring (bicyclic) bond motifs is 2. The number of carbonyl (C=O) groups excluding carboxylic acids is 2. The Hall–Kier alpha value is -4.72. The van der Waals surface area contributed by atoms with Crippen molar-refractivity contribution in [1.82, 2.24) is 20.1 Å². The fourth-order valence-corrected chi connectivity index (χ4v) is 4.76. The Morgan fingerprint density at radius 1 is 1.21 bits per heavy atom. The molecule has 220 valence electrons. The van der Waals surface area contributed by atoms with Gasteiger partial charge in [-0.25, -0.2) is 9.37 Å². The average Bonchev–Trinajstić information content (AvgIpc) is 3.50. The number of amides is 2. The summed E-state index contributed by atoms with van der Waals surface area (Å²) in [6.07, 6.45) is -3.75. The topological polar surface area (TPSA) is 142 Å². The first kappa shape index (κ1) is 28.8. The van der Waals surface area contributed by atoms with E-state index < -0.39 is 47.1 Å². The van der Waals surface area contributed by atoms with Gasteiger partial charge >= 0.3 is 6.18 Å². The number of carbonyl (C=O) groups is 2. The number of rotatable bonds is 7. The lowest BCUT2D eigenvalue weighted by atomic mass is 9.81. The molecule has 0 radical (unpaired) electrons. The molecule has 2 aromatic heterocycles. The number of primary amides is 1. The Balaban J connectivity index is 1.59. The van der Waals surface area contributed by atoms with Crippen molar-refractivity contribution >= 4 is 22.7 Å². The molecule has 5 rings (SSSR count). The molecule has 1 aliphatic heterocycles. The van der Waals surface area contributed by atoms with E-state index in [1.807, 2.05) is 0 Å². The van der Waals surface area contributed by atoms with Gasteiger partial charge in [0.1, 0.15) is 40.5 Å². The maximum Gasteiger partial charge on any atom is 0.424 e. The van der Waals surface area contributed by atoms with Crippen LogP contribution in [-0.4, -0.2) is 58.1 Å². The smallest absolute Gasteiger partial charge is 0.424 e. The third kappa shape index (κ3) is 4.66. The molecule has 42 heavy (non-hydrogen) atoms. The molecule has 0 saturated heterocycles. The van der Waals surface area contributed by atoms with Crippen molar-refractivity contribution in [3.8, 4) is 22.8 Å². The highest BCUT2D eigenvalue weighted by Crippen LogP contribution is 2.47. The largest absolute Gasteiger partial charge is 0.494 e. The van der Waals surface area contributed by atoms with Crippen LogP contribution in [0.2, 0.25) is 0 Å². The lowest BCUT2D eigenvalue weighted by Crippen LogP contribution is -2.51. The predicted molar refractivity (Wildman–Crippen MR) is 141 cm³/mol. The summed E-state index contributed by atoms with van der Waals surface area (Å²) >= 11 is 0. The molecule has 0 aliphatic carbocycles. The minimum atomic E-state index is -5.35. The summed E-state index contributed by atoms with van der Waals surface area (Å²) in [5, 5.41) is 18.1. The summed E-state index contributed by atoms with van der Waals surface area (Å²) in [5.41, 5.74) is -0.283. The third-order valence-corrected chi connectivity index (χ3v) is 7.30. The minimum absolute atomic E-state index is 0.0305. The van der Waals surface area contributed by atoms with E-state index in [0.717, 1.165) is 18.2 Å². The molecule has 2 aromatic carbocycles. The number of ether oxygens (including phenoxy) is 2. The first-order valence-electron chi connectivity index (χ1n) is 12.5. The van der Waals surface area contributed by atoms with Crippen LogP contribution in [0.3, 0.4) is 0 Å². The van der Waals surface area contributed by atoms with Crippen molar-refractivity contribution in [2.24, 2.45) is 12.8 Å². The van der Waals surface area contributed by atoms with Gasteiger partial charge in [-0.1, -0.05) is 0 Å². The van der Waals surface area contributed by atoms with Gasteiger partial charge in [0.25, 0.3) is 5.91 Å². The highest BCUT2D eigenvalue weighted by molar-refractivity contribution is 6.00. The molecule has 14 heteroatoms. The molecule has 2 amide bonds. The summed E-state index contributed by atoms with van der Waals surface area (Å²) in [4.78, 5) is 29.5. The number of aromatic nitrogens is 3. The van der Waals surface area contributed by atoms with E-state index in [0.29, 0.717) is 10.9 Å². The van der Waals surface area contributed by atoms with Crippen LogP contribution in [0.1, 0.15) is 28.5 Å². The van der Waals surface area contributed by atoms with Crippen LogP contribution in [0.5, 0.6) is 11.5 Å². The van der Waals surface area contributed by atoms with Gasteiger partial charge in [0.05, 0.1) is 19.3 Å². The Labute approximate surface area is 236 Å². The molecule has 0 saturated carbocycles. The van der Waals surface area contributed by atoms with Crippen LogP contribution < -0.4 is 20.5 Å². The molecule has 0 fully saturated rings. The predicted octanol–water partition coefficient (Wildman–Crippen LogP) is 3.10. The normalized spacial score (nSPS) is 17.8. The van der Waals surface area contributed by atoms with Crippen LogP contribution >= 0.6 is 0 Å². The van der Waals surface area contributed by atoms with Gasteiger partial charge in [-0.15, -0.1) is 0 Å². The number of aryl methyl sites for hydroxylation is 1. The van der Waals surface area contributed by atoms with Crippen LogP contribution in [0, 0.1) is 5.82 Å². The summed E-state index contributed by atoms with van der Waals surface area (Å²) < 4.78 is 69.9. The van der Waals surface area contributed by atoms with E-state index in [-0.39, 0.29) is 40.5 Å². The van der Waals surface area contributed by atoms with Gasteiger partial charge in [0.15, 0.2) is 0 Å². The number of benzene rings is 2. The number of hydrogen-bond donors (Lipinski definition) is 3. The number of alkyl halides is 3. The Morgan fingerprint density at radius 2 is 1.90 bits per heavy atom. The van der Waals surface area contributed by atoms with Gasteiger partial charge < -0.3 is 25.6 Å². The van der Waals surface area contributed by atoms with E-state index in [4.69, 9.17) is 15.2 Å². The molecule has 1 aliphatic rings. The van der Waals surface area contributed by atoms with E-state index in [1.54, 1.807) is 13.2 Å². The molecule has 3 heterocycles. The standard InChI is InChI=1S/C28H25F4N5O5/c1-26(25(33)39)13-42-23-18(26)10-20(35-22(23)14-4-6-17(29)7-5-14)27(40,28(30,31)32)12-34-24(38)15-8-16-11-37(2)36-21(16)19(9-15)41-3/h4-11,40H,12-13H2,1-3H3,(H2,33,39)(H,34,38)/t26-,27-/m0/s1. The van der Waals surface area contributed by atoms with Gasteiger partial charge in [-0.3, -0.25) is 14.3 Å². The molecule has 0 unspecified atom stereocenters. The van der Waals surface area contributed by atoms with E-state index in [1.165, 1.54) is 43.0 Å². The maximum absolute atomic E-state index is 14.6. The number of nitrogens with zero attached hydrogens (tertiary/aromatic N) is 3. The van der Waals surface area contributed by atoms with Crippen molar-refractivity contribution < 1.29 is 41.7 Å². The number of methoxy groups -OCH3 is 1. The summed E-state index contributed by atoms with van der Waals surface area (Å²) in [6.45, 7) is -0.252. The second kappa shape index (κ2) is 9.98. The fourth-order valence-electron chi connectivity index (χ4n) is 4.76. The van der Waals surface area contributed by atoms with Crippen molar-refractivity contribution in [3.05, 3.63) is 71.3 Å². The van der Waals surface area contributed by atoms with Crippen molar-refractivity contribution in [2.45, 2.75) is 24.1 Å². The molecule has 4 N–H and O–H groups in total. The maximum atomic E-state index is 14.6. The first-order chi connectivity index (χ1) is 19.7. The first-order valence-corrected chi connectivity index (χ1v) is 12.5. The van der Waals surface area contributed by atoms with E-state index in [2.05, 4.69) is 15.4 Å². The van der Waals surface area contributed by atoms with Crippen molar-refractivity contribution in [1.29, 1.82) is 0 Å². The number of aliphatic hydroxyl groups is 1. The average molecular weight is 588 g/mol. The zero-order valence-corrected chi connectivity index (χ0v) is 22.5. The minimum Gasteiger partial charge on any atom is -0.494 e. The van der Waals surface area contributed by atoms with Crippen molar-refractivity contribution in [3.63, 3.8) is 0 Å². The number of hydrogen-bond acceptors (Lipinski definition) is 7. The third-order valence-electron chi connectivity index (χ3n) is 7.30. The van der Waals surface area contributed by atoms with Crippen molar-refractivity contribution in [2.75, 3.05) is 20.3 Å². The molecule has 0 spiro atoms. The molecule has 10 nitrogen and oxygen atoms in total. The number of pyridine rings is 1. The molecule has 4 aromatic rings. The van der Waals surface area contributed by atoms with Gasteiger partial charge in [0.2, 0.25) is 11.5 Å². The molecular formula is C28H25F4N5O5. The van der Waals surface area contributed by atoms with Gasteiger partial charge in [0, 0.05) is 35.3 Å². The summed E-state index contributed by atoms with van der Waals surface area (Å²) in [5.74, 6) is -2.24. The molecule has 2 atom stereocenters. The molecule has 0 bridgehead atoms. The quantitative estimate of drug-likeness (QED) is 0.282. The zero-order chi connectivity index (χ0) is 30.6. The summed E-state index contributed by atoms with van der Waals surface area (Å²) in [7, 11) is 3.01. The van der Waals surface area contributed by atoms with Crippen LogP contribution in [0.25, 0.3) is 22.2 Å². The number of halogens is 4. The van der Waals surface area contributed by atoms with Crippen LogP contribution in [0.4, 0.5) is 17.6 Å². The lowest BCUT2D eigenvalue weighted by molar-refractivity contribution is -0.265. The monoisotopic (exact) mass is 587 g/mol.